The highest BCUT2D eigenvalue weighted by Gasteiger charge is 2.32. The third-order valence-electron chi connectivity index (χ3n) is 9.56. The van der Waals surface area contributed by atoms with Crippen LogP contribution in [-0.4, -0.2) is 88.8 Å². The number of unbranched alkanes of at least 4 members (excludes halogenated alkanes) is 1. The predicted molar refractivity (Wildman–Crippen MR) is 225 cm³/mol. The van der Waals surface area contributed by atoms with Crippen LogP contribution in [0.1, 0.15) is 126 Å². The van der Waals surface area contributed by atoms with Crippen molar-refractivity contribution >= 4 is 46.7 Å². The Bertz CT molecular complexity index is 1740. The molecule has 2 aromatic rings. The van der Waals surface area contributed by atoms with Crippen LogP contribution in [0.25, 0.3) is 10.9 Å². The zero-order valence-corrected chi connectivity index (χ0v) is 36.5. The molecule has 0 bridgehead atoms. The average molecular weight is 825 g/mol. The number of benzene rings is 1. The van der Waals surface area contributed by atoms with Crippen molar-refractivity contribution in [3.05, 3.63) is 42.1 Å². The lowest BCUT2D eigenvalue weighted by molar-refractivity contribution is -0.159. The Morgan fingerprint density at radius 3 is 1.92 bits per heavy atom. The number of carbonyl (C=O) groups excluding carboxylic acids is 6. The zero-order chi connectivity index (χ0) is 44.0. The van der Waals surface area contributed by atoms with Crippen molar-refractivity contribution in [1.29, 1.82) is 0 Å². The number of hydrogen-bond acceptors (Lipinski definition) is 11. The van der Waals surface area contributed by atoms with E-state index in [-0.39, 0.29) is 50.0 Å². The monoisotopic (exact) mass is 825 g/mol. The van der Waals surface area contributed by atoms with Crippen molar-refractivity contribution in [2.45, 2.75) is 161 Å². The number of pyridine rings is 1. The minimum atomic E-state index is -1.21. The fourth-order valence-electron chi connectivity index (χ4n) is 6.71. The first-order valence-corrected chi connectivity index (χ1v) is 20.9. The standard InChI is InChI=1S/C44H68N6O9/c1-42(2,3)57-36(51)22-21-34(40(55)59-44(7,8)9)50-41(56)49-33(39(54)58-43(4,5)6)14-10-11-23-47-38(53)35(48-37(52)30-18-15-28(27-45)16-19-30)26-29-17-20-32-31(25-29)13-12-24-46-32/h12-13,17,20,24-25,28,30,33-35H,10-11,14-16,18-19,21-23,26-27,45H2,1-9H3,(H,47,53)(H,48,52)(H2,49,50,56)/t28-,30-,33-,34-,35-/m0/s1. The summed E-state index contributed by atoms with van der Waals surface area (Å²) in [5, 5.41) is 12.1. The van der Waals surface area contributed by atoms with Crippen LogP contribution in [0, 0.1) is 11.8 Å². The molecule has 0 spiro atoms. The van der Waals surface area contributed by atoms with Gasteiger partial charge in [-0.1, -0.05) is 12.1 Å². The van der Waals surface area contributed by atoms with E-state index in [1.54, 1.807) is 68.5 Å². The van der Waals surface area contributed by atoms with E-state index >= 15 is 0 Å². The van der Waals surface area contributed by atoms with Crippen LogP contribution < -0.4 is 27.0 Å². The Kier molecular flexibility index (Phi) is 18.1. The van der Waals surface area contributed by atoms with Crippen LogP contribution in [0.2, 0.25) is 0 Å². The third kappa shape index (κ3) is 18.3. The number of nitrogens with zero attached hydrogens (tertiary/aromatic N) is 1. The maximum Gasteiger partial charge on any atom is 0.329 e. The first kappa shape index (κ1) is 48.6. The number of fused-ring (bicyclic) bond motifs is 1. The molecule has 1 aliphatic carbocycles. The van der Waals surface area contributed by atoms with E-state index in [9.17, 15) is 28.8 Å². The molecule has 3 rings (SSSR count). The molecule has 1 saturated carbocycles. The zero-order valence-electron chi connectivity index (χ0n) is 36.5. The molecule has 15 nitrogen and oxygen atoms in total. The number of esters is 3. The second kappa shape index (κ2) is 22.0. The van der Waals surface area contributed by atoms with Crippen molar-refractivity contribution < 1.29 is 43.0 Å². The maximum absolute atomic E-state index is 13.7. The first-order chi connectivity index (χ1) is 27.5. The van der Waals surface area contributed by atoms with Gasteiger partial charge in [0, 0.05) is 36.9 Å². The Hall–Kier alpha value is -4.79. The highest BCUT2D eigenvalue weighted by atomic mass is 16.6. The largest absolute Gasteiger partial charge is 0.460 e. The van der Waals surface area contributed by atoms with Crippen LogP contribution in [0.15, 0.2) is 36.5 Å². The summed E-state index contributed by atoms with van der Waals surface area (Å²) in [7, 11) is 0. The minimum Gasteiger partial charge on any atom is -0.460 e. The number of hydrogen-bond donors (Lipinski definition) is 5. The van der Waals surface area contributed by atoms with Gasteiger partial charge < -0.3 is 41.2 Å². The SMILES string of the molecule is CC(C)(C)OC(=O)CC[C@H](NC(=O)N[C@@H](CCCCNC(=O)[C@H](Cc1ccc2ncccc2c1)NC(=O)[C@H]1CC[C@H](CN)CC1)C(=O)OC(C)(C)C)C(=O)OC(C)(C)C. The van der Waals surface area contributed by atoms with E-state index in [2.05, 4.69) is 26.3 Å². The van der Waals surface area contributed by atoms with Crippen LogP contribution in [0.3, 0.4) is 0 Å². The van der Waals surface area contributed by atoms with Crippen LogP contribution in [-0.2, 0) is 44.6 Å². The van der Waals surface area contributed by atoms with Gasteiger partial charge in [0.15, 0.2) is 0 Å². The summed E-state index contributed by atoms with van der Waals surface area (Å²) in [6.07, 6.45) is 5.94. The molecule has 59 heavy (non-hydrogen) atoms. The van der Waals surface area contributed by atoms with Gasteiger partial charge in [-0.25, -0.2) is 14.4 Å². The fourth-order valence-corrected chi connectivity index (χ4v) is 6.71. The topological polar surface area (TPSA) is 217 Å². The number of urea groups is 1. The summed E-state index contributed by atoms with van der Waals surface area (Å²) in [4.78, 5) is 83.7. The van der Waals surface area contributed by atoms with Gasteiger partial charge in [-0.2, -0.15) is 0 Å². The highest BCUT2D eigenvalue weighted by molar-refractivity contribution is 5.89. The Morgan fingerprint density at radius 1 is 0.746 bits per heavy atom. The summed E-state index contributed by atoms with van der Waals surface area (Å²) in [5.74, 6) is -2.22. The van der Waals surface area contributed by atoms with E-state index < -0.39 is 58.9 Å². The molecular formula is C44H68N6O9. The molecule has 328 valence electrons. The molecule has 1 aromatic carbocycles. The van der Waals surface area contributed by atoms with E-state index in [4.69, 9.17) is 19.9 Å². The number of rotatable bonds is 18. The van der Waals surface area contributed by atoms with E-state index in [0.717, 1.165) is 42.1 Å². The predicted octanol–water partition coefficient (Wildman–Crippen LogP) is 5.16. The molecular weight excluding hydrogens is 757 g/mol. The molecule has 3 atom stereocenters. The summed E-state index contributed by atoms with van der Waals surface area (Å²) in [6, 6.07) is 5.61. The van der Waals surface area contributed by atoms with Crippen molar-refractivity contribution in [3.63, 3.8) is 0 Å². The second-order valence-corrected chi connectivity index (χ2v) is 18.5. The third-order valence-corrected chi connectivity index (χ3v) is 9.56. The smallest absolute Gasteiger partial charge is 0.329 e. The summed E-state index contributed by atoms with van der Waals surface area (Å²) < 4.78 is 16.5. The van der Waals surface area contributed by atoms with Crippen LogP contribution in [0.4, 0.5) is 4.79 Å². The summed E-state index contributed by atoms with van der Waals surface area (Å²) >= 11 is 0. The van der Waals surface area contributed by atoms with E-state index in [1.165, 1.54) is 0 Å². The highest BCUT2D eigenvalue weighted by Crippen LogP contribution is 2.28. The van der Waals surface area contributed by atoms with Gasteiger partial charge in [0.1, 0.15) is 34.9 Å². The van der Waals surface area contributed by atoms with Crippen molar-refractivity contribution in [2.75, 3.05) is 13.1 Å². The number of ether oxygens (including phenoxy) is 3. The van der Waals surface area contributed by atoms with Crippen molar-refractivity contribution in [3.8, 4) is 0 Å². The van der Waals surface area contributed by atoms with Gasteiger partial charge in [0.05, 0.1) is 5.52 Å². The lowest BCUT2D eigenvalue weighted by Gasteiger charge is -2.28. The van der Waals surface area contributed by atoms with E-state index in [1.807, 2.05) is 30.3 Å². The van der Waals surface area contributed by atoms with Crippen molar-refractivity contribution in [2.24, 2.45) is 17.6 Å². The summed E-state index contributed by atoms with van der Waals surface area (Å²) in [5.41, 5.74) is 5.12. The van der Waals surface area contributed by atoms with Gasteiger partial charge in [0.2, 0.25) is 11.8 Å². The number of carbonyl (C=O) groups is 6. The summed E-state index contributed by atoms with van der Waals surface area (Å²) in [6.45, 7) is 16.2. The second-order valence-electron chi connectivity index (χ2n) is 18.5. The fraction of sp³-hybridized carbons (Fsp3) is 0.659. The van der Waals surface area contributed by atoms with Crippen LogP contribution >= 0.6 is 0 Å². The Balaban J connectivity index is 1.65. The molecule has 4 amide bonds. The van der Waals surface area contributed by atoms with Gasteiger partial charge in [-0.15, -0.1) is 0 Å². The number of nitrogens with two attached hydrogens (primary N) is 1. The molecule has 6 N–H and O–H groups in total. The van der Waals surface area contributed by atoms with E-state index in [0.29, 0.717) is 25.3 Å². The van der Waals surface area contributed by atoms with Gasteiger partial charge in [-0.3, -0.25) is 19.4 Å². The molecule has 1 aromatic heterocycles. The first-order valence-electron chi connectivity index (χ1n) is 20.9. The molecule has 0 unspecified atom stereocenters. The van der Waals surface area contributed by atoms with Crippen LogP contribution in [0.5, 0.6) is 0 Å². The van der Waals surface area contributed by atoms with Crippen molar-refractivity contribution in [1.82, 2.24) is 26.3 Å². The van der Waals surface area contributed by atoms with Gasteiger partial charge in [0.25, 0.3) is 0 Å². The lowest BCUT2D eigenvalue weighted by atomic mass is 9.81. The molecule has 0 saturated heterocycles. The Morgan fingerprint density at radius 2 is 1.34 bits per heavy atom. The molecule has 1 aliphatic rings. The minimum absolute atomic E-state index is 0.0943. The van der Waals surface area contributed by atoms with Gasteiger partial charge >= 0.3 is 23.9 Å². The number of amides is 4. The normalized spacial score (nSPS) is 17.5. The number of aromatic nitrogens is 1. The molecule has 0 radical (unpaired) electrons. The van der Waals surface area contributed by atoms with Gasteiger partial charge in [-0.05, 0) is 150 Å². The molecule has 0 aliphatic heterocycles. The average Bonchev–Trinajstić information content (AvgIpc) is 3.13. The molecule has 1 heterocycles. The number of nitrogens with one attached hydrogen (secondary N) is 4. The molecule has 15 heteroatoms. The quantitative estimate of drug-likeness (QED) is 0.0752. The molecule has 1 fully saturated rings. The lowest BCUT2D eigenvalue weighted by Crippen LogP contribution is -2.53. The maximum atomic E-state index is 13.7. The Labute approximate surface area is 349 Å².